The van der Waals surface area contributed by atoms with Crippen molar-refractivity contribution >= 4 is 31.9 Å². The molecule has 4 heterocycles. The molecule has 4 aromatic heterocycles. The van der Waals surface area contributed by atoms with E-state index in [1.165, 1.54) is 0 Å². The number of ether oxygens (including phenoxy) is 2. The van der Waals surface area contributed by atoms with Crippen molar-refractivity contribution in [2.24, 2.45) is 7.05 Å². The van der Waals surface area contributed by atoms with Gasteiger partial charge in [-0.1, -0.05) is 17.7 Å². The Morgan fingerprint density at radius 3 is 2.55 bits per heavy atom. The summed E-state index contributed by atoms with van der Waals surface area (Å²) in [6.45, 7) is 1.94. The molecule has 0 aliphatic heterocycles. The molecule has 0 saturated heterocycles. The van der Waals surface area contributed by atoms with Crippen molar-refractivity contribution in [1.29, 1.82) is 0 Å². The van der Waals surface area contributed by atoms with Gasteiger partial charge in [-0.2, -0.15) is 0 Å². The predicted molar refractivity (Wildman–Crippen MR) is 146 cm³/mol. The third-order valence-corrected chi connectivity index (χ3v) is 9.01. The molecule has 0 spiro atoms. The quantitative estimate of drug-likeness (QED) is 0.299. The van der Waals surface area contributed by atoms with E-state index in [0.717, 1.165) is 46.1 Å². The Morgan fingerprint density at radius 2 is 1.87 bits per heavy atom. The van der Waals surface area contributed by atoms with Gasteiger partial charge in [0, 0.05) is 42.5 Å². The van der Waals surface area contributed by atoms with Crippen LogP contribution in [0.5, 0.6) is 11.6 Å². The first-order chi connectivity index (χ1) is 18.3. The van der Waals surface area contributed by atoms with Crippen LogP contribution in [0.2, 0.25) is 0 Å². The number of rotatable bonds is 8. The average molecular weight is 532 g/mol. The number of pyridine rings is 2. The summed E-state index contributed by atoms with van der Waals surface area (Å²) >= 11 is 0. The lowest BCUT2D eigenvalue weighted by atomic mass is 10.1. The topological polar surface area (TPSA) is 111 Å². The second kappa shape index (κ2) is 9.14. The Hall–Kier alpha value is -3.89. The van der Waals surface area contributed by atoms with E-state index in [-0.39, 0.29) is 6.04 Å². The van der Waals surface area contributed by atoms with Gasteiger partial charge >= 0.3 is 0 Å². The summed E-state index contributed by atoms with van der Waals surface area (Å²) in [5.41, 5.74) is 5.52. The van der Waals surface area contributed by atoms with Gasteiger partial charge in [0.2, 0.25) is 0 Å². The fraction of sp³-hybridized carbons (Fsp3) is 0.286. The summed E-state index contributed by atoms with van der Waals surface area (Å²) in [7, 11) is 1.36. The molecule has 1 aliphatic carbocycles. The molecule has 38 heavy (non-hydrogen) atoms. The Balaban J connectivity index is 1.50. The second-order valence-corrected chi connectivity index (χ2v) is 11.8. The fourth-order valence-electron chi connectivity index (χ4n) is 4.84. The van der Waals surface area contributed by atoms with E-state index in [1.54, 1.807) is 38.6 Å². The zero-order valence-electron chi connectivity index (χ0n) is 21.6. The number of benzene rings is 1. The summed E-state index contributed by atoms with van der Waals surface area (Å²) in [6.07, 6.45) is 5.54. The summed E-state index contributed by atoms with van der Waals surface area (Å²) in [6, 6.07) is 12.8. The largest absolute Gasteiger partial charge is 0.491 e. The van der Waals surface area contributed by atoms with E-state index in [4.69, 9.17) is 14.5 Å². The molecule has 196 valence electrons. The highest BCUT2D eigenvalue weighted by molar-refractivity contribution is 7.91. The van der Waals surface area contributed by atoms with Crippen LogP contribution in [-0.4, -0.2) is 48.2 Å². The molecule has 0 bridgehead atoms. The summed E-state index contributed by atoms with van der Waals surface area (Å²) in [5, 5.41) is 3.23. The maximum atomic E-state index is 13.9. The molecule has 1 aromatic carbocycles. The van der Waals surface area contributed by atoms with Crippen molar-refractivity contribution in [1.82, 2.24) is 24.8 Å². The number of methoxy groups -OCH3 is 2. The van der Waals surface area contributed by atoms with Crippen LogP contribution in [0.15, 0.2) is 59.8 Å². The first kappa shape index (κ1) is 24.4. The zero-order valence-corrected chi connectivity index (χ0v) is 22.5. The molecule has 1 fully saturated rings. The van der Waals surface area contributed by atoms with Crippen LogP contribution in [0.3, 0.4) is 0 Å². The molecule has 1 aliphatic rings. The van der Waals surface area contributed by atoms with Crippen LogP contribution in [0.1, 0.15) is 29.3 Å². The predicted octanol–water partition coefficient (Wildman–Crippen LogP) is 4.67. The van der Waals surface area contributed by atoms with E-state index >= 15 is 0 Å². The van der Waals surface area contributed by atoms with Gasteiger partial charge < -0.3 is 19.0 Å². The molecule has 0 radical (unpaired) electrons. The van der Waals surface area contributed by atoms with Crippen molar-refractivity contribution in [2.75, 3.05) is 14.2 Å². The molecule has 10 heteroatoms. The fourth-order valence-corrected chi connectivity index (χ4v) is 6.54. The van der Waals surface area contributed by atoms with Gasteiger partial charge in [-0.15, -0.1) is 0 Å². The average Bonchev–Trinajstić information content (AvgIpc) is 3.54. The number of aromatic amines is 1. The number of sulfone groups is 1. The van der Waals surface area contributed by atoms with Gasteiger partial charge in [-0.05, 0) is 49.6 Å². The van der Waals surface area contributed by atoms with E-state index in [9.17, 15) is 8.42 Å². The molecule has 5 aromatic rings. The van der Waals surface area contributed by atoms with Crippen molar-refractivity contribution < 1.29 is 17.9 Å². The first-order valence-corrected chi connectivity index (χ1v) is 14.0. The highest BCUT2D eigenvalue weighted by atomic mass is 32.2. The molecule has 9 nitrogen and oxygen atoms in total. The van der Waals surface area contributed by atoms with Gasteiger partial charge in [0.1, 0.15) is 16.5 Å². The minimum absolute atomic E-state index is 0.173. The third kappa shape index (κ3) is 4.10. The summed E-state index contributed by atoms with van der Waals surface area (Å²) in [5.74, 6) is 0.934. The Morgan fingerprint density at radius 1 is 1.11 bits per heavy atom. The third-order valence-electron chi connectivity index (χ3n) is 7.07. The van der Waals surface area contributed by atoms with Crippen LogP contribution in [0.25, 0.3) is 33.3 Å². The van der Waals surface area contributed by atoms with Gasteiger partial charge in [-0.25, -0.2) is 18.4 Å². The van der Waals surface area contributed by atoms with Gasteiger partial charge in [0.05, 0.1) is 30.3 Å². The van der Waals surface area contributed by atoms with Crippen molar-refractivity contribution in [3.8, 4) is 22.9 Å². The van der Waals surface area contributed by atoms with Crippen molar-refractivity contribution in [3.63, 3.8) is 0 Å². The Kier molecular flexibility index (Phi) is 5.88. The maximum Gasteiger partial charge on any atom is 0.257 e. The summed E-state index contributed by atoms with van der Waals surface area (Å²) in [4.78, 5) is 12.9. The van der Waals surface area contributed by atoms with Crippen LogP contribution in [0.4, 0.5) is 0 Å². The molecule has 0 amide bonds. The Bertz CT molecular complexity index is 1770. The van der Waals surface area contributed by atoms with E-state index < -0.39 is 15.2 Å². The van der Waals surface area contributed by atoms with Crippen LogP contribution in [0, 0.1) is 6.92 Å². The minimum atomic E-state index is -3.72. The number of aromatic nitrogens is 4. The monoisotopic (exact) mass is 531 g/mol. The maximum absolute atomic E-state index is 13.9. The van der Waals surface area contributed by atoms with Crippen LogP contribution >= 0.6 is 0 Å². The van der Waals surface area contributed by atoms with Crippen molar-refractivity contribution in [2.45, 2.75) is 36.1 Å². The standard InChI is InChI=1S/C28H29N5O4S/c1-16-5-9-18(10-6-16)38(34,35)28(30-17-7-8-17)19-11-12-29-26-20(19)13-22(31-26)21-15-33(2)23-14-24(36-3)27(37-4)32-25(21)23/h5-6,9-15,17,28,30H,7-8H2,1-4H3,(H,29,31). The SMILES string of the molecule is COc1cc2c(nc1OC)c(-c1cc3c(C(NC4CC4)S(=O)(=O)c4ccc(C)cc4)ccnc3[nH]1)cn2C. The summed E-state index contributed by atoms with van der Waals surface area (Å²) < 4.78 is 40.7. The second-order valence-electron chi connectivity index (χ2n) is 9.75. The molecular formula is C28H29N5O4S. The van der Waals surface area contributed by atoms with E-state index in [0.29, 0.717) is 27.7 Å². The lowest BCUT2D eigenvalue weighted by molar-refractivity contribution is 0.344. The smallest absolute Gasteiger partial charge is 0.257 e. The van der Waals surface area contributed by atoms with Crippen LogP contribution < -0.4 is 14.8 Å². The minimum Gasteiger partial charge on any atom is -0.491 e. The van der Waals surface area contributed by atoms with Crippen LogP contribution in [-0.2, 0) is 16.9 Å². The Labute approximate surface area is 220 Å². The lowest BCUT2D eigenvalue weighted by Crippen LogP contribution is -2.30. The molecule has 6 rings (SSSR count). The lowest BCUT2D eigenvalue weighted by Gasteiger charge is -2.20. The molecule has 2 N–H and O–H groups in total. The van der Waals surface area contributed by atoms with Crippen molar-refractivity contribution in [3.05, 3.63) is 66.0 Å². The van der Waals surface area contributed by atoms with Gasteiger partial charge in [-0.3, -0.25) is 5.32 Å². The van der Waals surface area contributed by atoms with E-state index in [1.807, 2.05) is 49.0 Å². The number of fused-ring (bicyclic) bond motifs is 2. The first-order valence-electron chi connectivity index (χ1n) is 12.4. The zero-order chi connectivity index (χ0) is 26.6. The number of hydrogen-bond donors (Lipinski definition) is 2. The number of hydrogen-bond acceptors (Lipinski definition) is 7. The molecule has 1 unspecified atom stereocenters. The number of nitrogens with one attached hydrogen (secondary N) is 2. The van der Waals surface area contributed by atoms with Gasteiger partial charge in [0.15, 0.2) is 15.6 Å². The normalized spacial score (nSPS) is 14.7. The highest BCUT2D eigenvalue weighted by Gasteiger charge is 2.36. The number of aryl methyl sites for hydroxylation is 2. The van der Waals surface area contributed by atoms with E-state index in [2.05, 4.69) is 15.3 Å². The highest BCUT2D eigenvalue weighted by Crippen LogP contribution is 2.39. The van der Waals surface area contributed by atoms with Gasteiger partial charge in [0.25, 0.3) is 5.88 Å². The molecular weight excluding hydrogens is 502 g/mol. The molecule has 1 atom stereocenters. The number of H-pyrrole nitrogens is 1. The molecule has 1 saturated carbocycles. The number of nitrogens with zero attached hydrogens (tertiary/aromatic N) is 3.